The first-order chi connectivity index (χ1) is 12.7. The zero-order valence-corrected chi connectivity index (χ0v) is 14.5. The minimum Gasteiger partial charge on any atom is -0.505 e. The van der Waals surface area contributed by atoms with Crippen molar-refractivity contribution < 1.29 is 20.1 Å². The van der Waals surface area contributed by atoms with Gasteiger partial charge in [0.1, 0.15) is 22.9 Å². The highest BCUT2D eigenvalue weighted by atomic mass is 16.6. The molecule has 0 radical (unpaired) electrons. The van der Waals surface area contributed by atoms with E-state index in [-0.39, 0.29) is 34.2 Å². The fourth-order valence-corrected chi connectivity index (χ4v) is 2.30. The minimum atomic E-state index is -0.618. The van der Waals surface area contributed by atoms with E-state index in [2.05, 4.69) is 9.98 Å². The van der Waals surface area contributed by atoms with Crippen molar-refractivity contribution in [2.45, 2.75) is 20.3 Å². The van der Waals surface area contributed by atoms with Gasteiger partial charge in [-0.15, -0.1) is 0 Å². The summed E-state index contributed by atoms with van der Waals surface area (Å²) in [6.45, 7) is 3.38. The summed E-state index contributed by atoms with van der Waals surface area (Å²) in [4.78, 5) is 28.5. The van der Waals surface area contributed by atoms with Crippen molar-refractivity contribution in [2.24, 2.45) is 9.98 Å². The third-order valence-corrected chi connectivity index (χ3v) is 3.47. The molecule has 0 saturated heterocycles. The van der Waals surface area contributed by atoms with Gasteiger partial charge < -0.3 is 10.2 Å². The van der Waals surface area contributed by atoms with Crippen LogP contribution in [0.3, 0.4) is 0 Å². The average molecular weight is 372 g/mol. The predicted octanol–water partition coefficient (Wildman–Crippen LogP) is 4.19. The highest BCUT2D eigenvalue weighted by Crippen LogP contribution is 2.32. The van der Waals surface area contributed by atoms with E-state index < -0.39 is 9.85 Å². The lowest BCUT2D eigenvalue weighted by Crippen LogP contribution is -2.00. The molecule has 0 aliphatic rings. The number of rotatable bonds is 6. The minimum absolute atomic E-state index is 0.184. The molecule has 0 atom stereocenters. The molecule has 2 N–H and O–H groups in total. The Hall–Kier alpha value is -3.82. The summed E-state index contributed by atoms with van der Waals surface area (Å²) in [7, 11) is 0. The number of phenolic OH excluding ortho intramolecular Hbond substituents is 2. The standard InChI is InChI=1S/C17H16N4O6/c1-10(18-14-5-3-12(20(24)25)8-16(14)22)7-11(2)19-15-6-4-13(21(26)27)9-17(15)23/h3-6,8-9,22-23H,7H2,1-2H3. The number of hydrogen-bond acceptors (Lipinski definition) is 8. The summed E-state index contributed by atoms with van der Waals surface area (Å²) in [6, 6.07) is 7.19. The Morgan fingerprint density at radius 1 is 0.852 bits per heavy atom. The molecule has 0 aliphatic heterocycles. The van der Waals surface area contributed by atoms with Gasteiger partial charge >= 0.3 is 0 Å². The predicted molar refractivity (Wildman–Crippen MR) is 99.7 cm³/mol. The number of aromatic hydroxyl groups is 2. The number of nitrogens with zero attached hydrogens (tertiary/aromatic N) is 4. The van der Waals surface area contributed by atoms with Crippen LogP contribution in [0.2, 0.25) is 0 Å². The fraction of sp³-hybridized carbons (Fsp3) is 0.176. The molecule has 0 aromatic heterocycles. The van der Waals surface area contributed by atoms with Crippen LogP contribution in [-0.4, -0.2) is 31.5 Å². The van der Waals surface area contributed by atoms with Gasteiger partial charge in [0.2, 0.25) is 0 Å². The molecule has 10 heteroatoms. The molecule has 0 fully saturated rings. The Bertz CT molecular complexity index is 890. The fourth-order valence-electron chi connectivity index (χ4n) is 2.30. The first-order valence-corrected chi connectivity index (χ1v) is 7.70. The van der Waals surface area contributed by atoms with E-state index in [1.54, 1.807) is 13.8 Å². The Morgan fingerprint density at radius 2 is 1.22 bits per heavy atom. The van der Waals surface area contributed by atoms with Gasteiger partial charge in [-0.05, 0) is 26.0 Å². The molecule has 0 unspecified atom stereocenters. The van der Waals surface area contributed by atoms with Gasteiger partial charge in [0.25, 0.3) is 11.4 Å². The van der Waals surface area contributed by atoms with Crippen LogP contribution in [0.15, 0.2) is 46.4 Å². The second-order valence-corrected chi connectivity index (χ2v) is 5.73. The van der Waals surface area contributed by atoms with Crippen LogP contribution in [0.4, 0.5) is 22.7 Å². The van der Waals surface area contributed by atoms with Gasteiger partial charge in [0, 0.05) is 30.0 Å². The number of non-ortho nitro benzene ring substituents is 2. The van der Waals surface area contributed by atoms with Gasteiger partial charge in [0.15, 0.2) is 0 Å². The Balaban J connectivity index is 2.18. The third kappa shape index (κ3) is 5.08. The second-order valence-electron chi connectivity index (χ2n) is 5.73. The van der Waals surface area contributed by atoms with Crippen LogP contribution >= 0.6 is 0 Å². The molecule has 2 aromatic rings. The molecule has 2 aromatic carbocycles. The maximum Gasteiger partial charge on any atom is 0.273 e. The van der Waals surface area contributed by atoms with Crippen molar-refractivity contribution in [3.63, 3.8) is 0 Å². The van der Waals surface area contributed by atoms with Crippen LogP contribution in [0.1, 0.15) is 20.3 Å². The van der Waals surface area contributed by atoms with Crippen LogP contribution in [0, 0.1) is 20.2 Å². The Morgan fingerprint density at radius 3 is 1.52 bits per heavy atom. The maximum absolute atomic E-state index is 10.7. The lowest BCUT2D eigenvalue weighted by Gasteiger charge is -2.04. The van der Waals surface area contributed by atoms with Crippen LogP contribution in [0.25, 0.3) is 0 Å². The largest absolute Gasteiger partial charge is 0.505 e. The summed E-state index contributed by atoms with van der Waals surface area (Å²) in [5.74, 6) is -0.627. The molecule has 10 nitrogen and oxygen atoms in total. The second kappa shape index (κ2) is 8.04. The highest BCUT2D eigenvalue weighted by Gasteiger charge is 2.11. The van der Waals surface area contributed by atoms with Gasteiger partial charge in [0.05, 0.1) is 22.0 Å². The third-order valence-electron chi connectivity index (χ3n) is 3.47. The summed E-state index contributed by atoms with van der Waals surface area (Å²) < 4.78 is 0. The van der Waals surface area contributed by atoms with Gasteiger partial charge in [-0.1, -0.05) is 0 Å². The Labute approximate surface area is 153 Å². The molecular formula is C17H16N4O6. The van der Waals surface area contributed by atoms with Crippen LogP contribution < -0.4 is 0 Å². The first kappa shape index (κ1) is 19.5. The normalized spacial score (nSPS) is 12.1. The molecule has 0 heterocycles. The summed E-state index contributed by atoms with van der Waals surface area (Å²) in [6.07, 6.45) is 0.298. The zero-order chi connectivity index (χ0) is 20.1. The number of benzene rings is 2. The van der Waals surface area contributed by atoms with Crippen molar-refractivity contribution in [3.05, 3.63) is 56.6 Å². The summed E-state index contributed by atoms with van der Waals surface area (Å²) in [5, 5.41) is 41.0. The van der Waals surface area contributed by atoms with Crippen molar-refractivity contribution in [3.8, 4) is 11.5 Å². The highest BCUT2D eigenvalue weighted by molar-refractivity contribution is 6.04. The molecule has 2 rings (SSSR count). The molecule has 0 aliphatic carbocycles. The van der Waals surface area contributed by atoms with E-state index >= 15 is 0 Å². The van der Waals surface area contributed by atoms with Gasteiger partial charge in [-0.25, -0.2) is 0 Å². The van der Waals surface area contributed by atoms with Gasteiger partial charge in [-0.2, -0.15) is 0 Å². The lowest BCUT2D eigenvalue weighted by molar-refractivity contribution is -0.385. The number of nitro benzene ring substituents is 2. The smallest absolute Gasteiger partial charge is 0.273 e. The van der Waals surface area contributed by atoms with Gasteiger partial charge in [-0.3, -0.25) is 30.2 Å². The van der Waals surface area contributed by atoms with E-state index in [1.165, 1.54) is 24.3 Å². The van der Waals surface area contributed by atoms with Crippen molar-refractivity contribution in [2.75, 3.05) is 0 Å². The first-order valence-electron chi connectivity index (χ1n) is 7.70. The molecule has 0 amide bonds. The lowest BCUT2D eigenvalue weighted by atomic mass is 10.2. The molecule has 0 spiro atoms. The van der Waals surface area contributed by atoms with E-state index in [1.807, 2.05) is 0 Å². The number of aliphatic imine (C=N–C) groups is 2. The number of hydrogen-bond donors (Lipinski definition) is 2. The topological polar surface area (TPSA) is 151 Å². The van der Waals surface area contributed by atoms with Crippen molar-refractivity contribution in [1.82, 2.24) is 0 Å². The van der Waals surface area contributed by atoms with Crippen LogP contribution in [-0.2, 0) is 0 Å². The zero-order valence-electron chi connectivity index (χ0n) is 14.5. The van der Waals surface area contributed by atoms with Crippen molar-refractivity contribution >= 4 is 34.2 Å². The SMILES string of the molecule is CC(CC(C)=Nc1ccc([N+](=O)[O-])cc1O)=Nc1ccc([N+](=O)[O-])cc1O. The van der Waals surface area contributed by atoms with Crippen LogP contribution in [0.5, 0.6) is 11.5 Å². The number of phenols is 2. The summed E-state index contributed by atoms with van der Waals surface area (Å²) >= 11 is 0. The number of nitro groups is 2. The maximum atomic E-state index is 10.7. The van der Waals surface area contributed by atoms with Crippen molar-refractivity contribution in [1.29, 1.82) is 0 Å². The van der Waals surface area contributed by atoms with E-state index in [0.29, 0.717) is 17.8 Å². The molecular weight excluding hydrogens is 356 g/mol. The molecule has 0 bridgehead atoms. The summed E-state index contributed by atoms with van der Waals surface area (Å²) in [5.41, 5.74) is 1.03. The van der Waals surface area contributed by atoms with E-state index in [0.717, 1.165) is 12.1 Å². The van der Waals surface area contributed by atoms with E-state index in [4.69, 9.17) is 0 Å². The van der Waals surface area contributed by atoms with E-state index in [9.17, 15) is 30.4 Å². The monoisotopic (exact) mass is 372 g/mol. The average Bonchev–Trinajstić information content (AvgIpc) is 2.58. The molecule has 140 valence electrons. The quantitative estimate of drug-likeness (QED) is 0.440. The molecule has 27 heavy (non-hydrogen) atoms. The Kier molecular flexibility index (Phi) is 5.81. The molecule has 0 saturated carbocycles.